The molecular weight excluding hydrogens is 705 g/mol. The minimum atomic E-state index is -1.63. The molecule has 0 unspecified atom stereocenters. The molecule has 0 aromatic heterocycles. The molecular formula is C39H62FN3O11. The number of rotatable bonds is 7. The number of cyclic esters (lactones) is 1. The summed E-state index contributed by atoms with van der Waals surface area (Å²) >= 11 is 0. The predicted octanol–water partition coefficient (Wildman–Crippen LogP) is 4.23. The van der Waals surface area contributed by atoms with E-state index in [1.54, 1.807) is 34.6 Å². The maximum Gasteiger partial charge on any atom is 0.509 e. The molecule has 3 heterocycles. The number of fused-ring (bicyclic) bond motifs is 1. The van der Waals surface area contributed by atoms with E-state index < -0.39 is 83.9 Å². The molecule has 0 bridgehead atoms. The lowest BCUT2D eigenvalue weighted by atomic mass is 9.77. The minimum Gasteiger partial charge on any atom is -0.458 e. The SMILES string of the molecule is CC[C@H]1OC(=O)[C@H](C)[C@@H](OC(=O)NCc2ccc(F)cc2)[C@H](C)[C@@H](O[C@@H]2O[C@H](C)C[C@H](N(C)C)[C@H]2O)[C@@](C)(O)C[C@@H](C)CN(C)[C@H](C)[C@H]2OC(=O)O[C@@]21C. The Labute approximate surface area is 318 Å². The number of halogens is 1. The highest BCUT2D eigenvalue weighted by Crippen LogP contribution is 2.40. The molecule has 3 fully saturated rings. The average molecular weight is 768 g/mol. The van der Waals surface area contributed by atoms with Crippen LogP contribution in [0.25, 0.3) is 0 Å². The summed E-state index contributed by atoms with van der Waals surface area (Å²) in [6.45, 7) is 14.6. The number of hydrogen-bond donors (Lipinski definition) is 3. The third-order valence-electron chi connectivity index (χ3n) is 11.5. The van der Waals surface area contributed by atoms with Crippen molar-refractivity contribution in [3.63, 3.8) is 0 Å². The molecule has 1 aromatic carbocycles. The molecule has 1 amide bonds. The maximum atomic E-state index is 14.2. The molecule has 1 aromatic rings. The molecule has 14 nitrogen and oxygen atoms in total. The van der Waals surface area contributed by atoms with Gasteiger partial charge >= 0.3 is 18.2 Å². The van der Waals surface area contributed by atoms with Crippen LogP contribution < -0.4 is 5.32 Å². The molecule has 0 radical (unpaired) electrons. The van der Waals surface area contributed by atoms with Crippen LogP contribution in [0.3, 0.4) is 0 Å². The fourth-order valence-corrected chi connectivity index (χ4v) is 8.49. The Morgan fingerprint density at radius 3 is 2.35 bits per heavy atom. The van der Waals surface area contributed by atoms with Crippen molar-refractivity contribution in [1.29, 1.82) is 0 Å². The van der Waals surface area contributed by atoms with Crippen molar-refractivity contribution in [3.05, 3.63) is 35.6 Å². The second-order valence-corrected chi connectivity index (χ2v) is 16.4. The summed E-state index contributed by atoms with van der Waals surface area (Å²) < 4.78 is 50.0. The van der Waals surface area contributed by atoms with E-state index in [2.05, 4.69) is 5.32 Å². The van der Waals surface area contributed by atoms with Crippen LogP contribution in [-0.4, -0.2) is 132 Å². The van der Waals surface area contributed by atoms with Crippen molar-refractivity contribution in [2.75, 3.05) is 27.7 Å². The summed E-state index contributed by atoms with van der Waals surface area (Å²) in [6.07, 6.45) is -7.41. The first-order valence-corrected chi connectivity index (χ1v) is 19.0. The number of nitrogens with zero attached hydrogens (tertiary/aromatic N) is 2. The summed E-state index contributed by atoms with van der Waals surface area (Å²) in [6, 6.07) is 4.91. The number of ether oxygens (including phenoxy) is 6. The smallest absolute Gasteiger partial charge is 0.458 e. The summed E-state index contributed by atoms with van der Waals surface area (Å²) in [7, 11) is 5.60. The second kappa shape index (κ2) is 17.8. The van der Waals surface area contributed by atoms with Gasteiger partial charge in [0.1, 0.15) is 24.1 Å². The van der Waals surface area contributed by atoms with E-state index in [0.717, 1.165) is 0 Å². The highest BCUT2D eigenvalue weighted by molar-refractivity contribution is 5.74. The van der Waals surface area contributed by atoms with E-state index >= 15 is 0 Å². The molecule has 15 heteroatoms. The van der Waals surface area contributed by atoms with Gasteiger partial charge in [-0.2, -0.15) is 0 Å². The van der Waals surface area contributed by atoms with Crippen LogP contribution in [0.5, 0.6) is 0 Å². The fraction of sp³-hybridized carbons (Fsp3) is 0.769. The number of alkyl carbamates (subject to hydrolysis) is 1. The minimum absolute atomic E-state index is 0.00877. The Morgan fingerprint density at radius 2 is 1.74 bits per heavy atom. The first-order chi connectivity index (χ1) is 25.2. The van der Waals surface area contributed by atoms with Gasteiger partial charge in [0.15, 0.2) is 18.0 Å². The van der Waals surface area contributed by atoms with Gasteiger partial charge in [0.05, 0.1) is 23.7 Å². The number of amides is 1. The molecule has 54 heavy (non-hydrogen) atoms. The van der Waals surface area contributed by atoms with Gasteiger partial charge in [0.2, 0.25) is 0 Å². The zero-order valence-electron chi connectivity index (χ0n) is 33.6. The van der Waals surface area contributed by atoms with Gasteiger partial charge in [-0.15, -0.1) is 0 Å². The number of nitrogens with one attached hydrogen (secondary N) is 1. The van der Waals surface area contributed by atoms with Gasteiger partial charge in [-0.05, 0) is 98.6 Å². The van der Waals surface area contributed by atoms with Crippen LogP contribution >= 0.6 is 0 Å². The normalized spacial score (nSPS) is 40.1. The highest BCUT2D eigenvalue weighted by Gasteiger charge is 2.58. The van der Waals surface area contributed by atoms with Gasteiger partial charge in [-0.1, -0.05) is 32.9 Å². The maximum absolute atomic E-state index is 14.2. The second-order valence-electron chi connectivity index (χ2n) is 16.4. The summed E-state index contributed by atoms with van der Waals surface area (Å²) in [4.78, 5) is 44.3. The van der Waals surface area contributed by atoms with E-state index in [1.807, 2.05) is 51.7 Å². The van der Waals surface area contributed by atoms with Gasteiger partial charge in [0.25, 0.3) is 0 Å². The highest BCUT2D eigenvalue weighted by atomic mass is 19.1. The number of aliphatic hydroxyl groups is 2. The van der Waals surface area contributed by atoms with E-state index in [4.69, 9.17) is 28.4 Å². The fourth-order valence-electron chi connectivity index (χ4n) is 8.49. The summed E-state index contributed by atoms with van der Waals surface area (Å²) in [5.41, 5.74) is -2.36. The Hall–Kier alpha value is -3.08. The van der Waals surface area contributed by atoms with Crippen LogP contribution in [-0.2, 0) is 39.8 Å². The predicted molar refractivity (Wildman–Crippen MR) is 196 cm³/mol. The molecule has 3 aliphatic heterocycles. The van der Waals surface area contributed by atoms with Crippen LogP contribution in [0.15, 0.2) is 24.3 Å². The molecule has 3 N–H and O–H groups in total. The van der Waals surface area contributed by atoms with E-state index in [-0.39, 0.29) is 43.5 Å². The third-order valence-corrected chi connectivity index (χ3v) is 11.5. The van der Waals surface area contributed by atoms with Gasteiger partial charge in [-0.25, -0.2) is 14.0 Å². The first-order valence-electron chi connectivity index (χ1n) is 19.0. The van der Waals surface area contributed by atoms with Crippen molar-refractivity contribution in [2.24, 2.45) is 17.8 Å². The van der Waals surface area contributed by atoms with Crippen LogP contribution in [0.2, 0.25) is 0 Å². The largest absolute Gasteiger partial charge is 0.509 e. The van der Waals surface area contributed by atoms with Gasteiger partial charge < -0.3 is 48.9 Å². The quantitative estimate of drug-likeness (QED) is 0.267. The van der Waals surface area contributed by atoms with E-state index in [1.165, 1.54) is 24.3 Å². The monoisotopic (exact) mass is 767 g/mol. The topological polar surface area (TPSA) is 166 Å². The van der Waals surface area contributed by atoms with E-state index in [9.17, 15) is 29.0 Å². The first kappa shape index (κ1) is 43.6. The number of aliphatic hydroxyl groups excluding tert-OH is 1. The van der Waals surface area contributed by atoms with Gasteiger partial charge in [-0.3, -0.25) is 9.69 Å². The number of likely N-dealkylation sites (N-methyl/N-ethyl adjacent to an activating group) is 2. The molecule has 0 aliphatic carbocycles. The summed E-state index contributed by atoms with van der Waals surface area (Å²) in [5.74, 6) is -3.36. The van der Waals surface area contributed by atoms with Crippen molar-refractivity contribution in [3.8, 4) is 0 Å². The number of carbonyl (C=O) groups excluding carboxylic acids is 3. The number of hydrogen-bond acceptors (Lipinski definition) is 13. The number of carbonyl (C=O) groups is 3. The average Bonchev–Trinajstić information content (AvgIpc) is 3.41. The van der Waals surface area contributed by atoms with Crippen molar-refractivity contribution >= 4 is 18.2 Å². The lowest BCUT2D eigenvalue weighted by molar-refractivity contribution is -0.299. The summed E-state index contributed by atoms with van der Waals surface area (Å²) in [5, 5.41) is 26.6. The Morgan fingerprint density at radius 1 is 1.09 bits per heavy atom. The number of esters is 1. The molecule has 0 saturated carbocycles. The molecule has 306 valence electrons. The Kier molecular flexibility index (Phi) is 14.4. The lowest BCUT2D eigenvalue weighted by Gasteiger charge is -2.47. The Balaban J connectivity index is 1.77. The zero-order chi connectivity index (χ0) is 40.3. The van der Waals surface area contributed by atoms with Crippen molar-refractivity contribution in [1.82, 2.24) is 15.1 Å². The lowest BCUT2D eigenvalue weighted by Crippen LogP contribution is -2.59. The molecule has 14 atom stereocenters. The molecule has 0 spiro atoms. The molecule has 3 aliphatic rings. The standard InChI is InChI=1S/C39H62FN3O11/c1-12-29-39(8)33(53-37(47)54-39)25(6)43(11)20-21(2)18-38(7,48)32(52-35-30(44)28(42(9)10)17-22(3)49-35)23(4)31(24(5)34(45)50-29)51-36(46)41-19-26-13-15-27(40)16-14-26/h13-16,21-25,28-33,35,44,48H,12,17-20H2,1-11H3,(H,41,46)/t21-,22-,23+,24-,25-,28+,29-,30-,31+,32-,33-,35+,38+,39-/m1/s1. The van der Waals surface area contributed by atoms with Crippen molar-refractivity contribution in [2.45, 2.75) is 147 Å². The zero-order valence-corrected chi connectivity index (χ0v) is 33.6. The van der Waals surface area contributed by atoms with Crippen molar-refractivity contribution < 1.29 is 57.4 Å². The van der Waals surface area contributed by atoms with E-state index in [0.29, 0.717) is 18.5 Å². The third kappa shape index (κ3) is 10.0. The van der Waals surface area contributed by atoms with Crippen LogP contribution in [0.4, 0.5) is 14.0 Å². The van der Waals surface area contributed by atoms with Crippen LogP contribution in [0, 0.1) is 23.6 Å². The van der Waals surface area contributed by atoms with Gasteiger partial charge in [0, 0.05) is 31.1 Å². The molecule has 3 saturated heterocycles. The van der Waals surface area contributed by atoms with Crippen LogP contribution in [0.1, 0.15) is 80.2 Å². The molecule has 4 rings (SSSR count). The Bertz CT molecular complexity index is 1430. The number of benzene rings is 1.